The Morgan fingerprint density at radius 3 is 2.04 bits per heavy atom. The van der Waals surface area contributed by atoms with Crippen LogP contribution in [0.1, 0.15) is 30.9 Å². The molecule has 0 bridgehead atoms. The Labute approximate surface area is 156 Å². The fraction of sp³-hybridized carbons (Fsp3) is 0.435. The highest BCUT2D eigenvalue weighted by atomic mass is 16.4. The number of carboxylic acids is 1. The lowest BCUT2D eigenvalue weighted by atomic mass is 9.88. The quantitative estimate of drug-likeness (QED) is 0.810. The van der Waals surface area contributed by atoms with Crippen molar-refractivity contribution in [2.24, 2.45) is 11.8 Å². The van der Waals surface area contributed by atoms with Gasteiger partial charge in [-0.3, -0.25) is 9.69 Å². The van der Waals surface area contributed by atoms with Gasteiger partial charge in [0.05, 0.1) is 5.92 Å². The van der Waals surface area contributed by atoms with E-state index in [1.165, 1.54) is 11.1 Å². The van der Waals surface area contributed by atoms with Gasteiger partial charge in [0, 0.05) is 19.1 Å². The third-order valence-corrected chi connectivity index (χ3v) is 5.59. The number of nitrogens with zero attached hydrogens (tertiary/aromatic N) is 1. The zero-order valence-electron chi connectivity index (χ0n) is 15.6. The molecule has 1 N–H and O–H groups in total. The number of hydrogen-bond donors (Lipinski definition) is 1. The van der Waals surface area contributed by atoms with Crippen LogP contribution < -0.4 is 0 Å². The molecular weight excluding hydrogens is 322 g/mol. The average molecular weight is 351 g/mol. The first-order valence-electron chi connectivity index (χ1n) is 9.66. The molecule has 138 valence electrons. The summed E-state index contributed by atoms with van der Waals surface area (Å²) in [4.78, 5) is 13.8. The zero-order chi connectivity index (χ0) is 18.4. The van der Waals surface area contributed by atoms with Crippen molar-refractivity contribution in [1.82, 2.24) is 4.90 Å². The zero-order valence-corrected chi connectivity index (χ0v) is 15.6. The first-order chi connectivity index (χ1) is 12.6. The molecule has 3 heteroatoms. The Bertz CT molecular complexity index is 644. The second kappa shape index (κ2) is 9.00. The Balaban J connectivity index is 1.72. The highest BCUT2D eigenvalue weighted by Gasteiger charge is 2.31. The topological polar surface area (TPSA) is 40.5 Å². The molecule has 0 radical (unpaired) electrons. The summed E-state index contributed by atoms with van der Waals surface area (Å²) in [6, 6.07) is 21.7. The van der Waals surface area contributed by atoms with E-state index in [0.717, 1.165) is 32.2 Å². The van der Waals surface area contributed by atoms with Crippen molar-refractivity contribution in [3.05, 3.63) is 71.8 Å². The van der Waals surface area contributed by atoms with E-state index in [1.54, 1.807) is 0 Å². The molecule has 3 rings (SSSR count). The van der Waals surface area contributed by atoms with Crippen LogP contribution in [0, 0.1) is 11.8 Å². The van der Waals surface area contributed by atoms with Crippen molar-refractivity contribution >= 4 is 5.97 Å². The number of piperidine rings is 1. The maximum Gasteiger partial charge on any atom is 0.307 e. The molecule has 3 nitrogen and oxygen atoms in total. The SMILES string of the molecule is CC1CCC(C(=O)O)CN1CC(Cc1ccccc1)Cc1ccccc1. The summed E-state index contributed by atoms with van der Waals surface area (Å²) in [6.45, 7) is 3.87. The van der Waals surface area contributed by atoms with Gasteiger partial charge in [0.1, 0.15) is 0 Å². The van der Waals surface area contributed by atoms with E-state index in [2.05, 4.69) is 72.5 Å². The van der Waals surface area contributed by atoms with E-state index in [0.29, 0.717) is 18.5 Å². The summed E-state index contributed by atoms with van der Waals surface area (Å²) >= 11 is 0. The molecular formula is C23H29NO2. The third-order valence-electron chi connectivity index (χ3n) is 5.59. The van der Waals surface area contributed by atoms with Crippen molar-refractivity contribution in [2.45, 2.75) is 38.6 Å². The molecule has 0 saturated carbocycles. The lowest BCUT2D eigenvalue weighted by Crippen LogP contribution is -2.46. The van der Waals surface area contributed by atoms with Gasteiger partial charge in [-0.2, -0.15) is 0 Å². The van der Waals surface area contributed by atoms with Crippen LogP contribution >= 0.6 is 0 Å². The van der Waals surface area contributed by atoms with Gasteiger partial charge in [0.15, 0.2) is 0 Å². The Morgan fingerprint density at radius 1 is 1.00 bits per heavy atom. The molecule has 1 saturated heterocycles. The largest absolute Gasteiger partial charge is 0.481 e. The average Bonchev–Trinajstić information content (AvgIpc) is 2.65. The van der Waals surface area contributed by atoms with Gasteiger partial charge >= 0.3 is 5.97 Å². The summed E-state index contributed by atoms with van der Waals surface area (Å²) < 4.78 is 0. The second-order valence-electron chi connectivity index (χ2n) is 7.66. The van der Waals surface area contributed by atoms with Crippen LogP contribution in [0.15, 0.2) is 60.7 Å². The van der Waals surface area contributed by atoms with Crippen molar-refractivity contribution in [3.8, 4) is 0 Å². The number of aliphatic carboxylic acids is 1. The van der Waals surface area contributed by atoms with Crippen molar-refractivity contribution < 1.29 is 9.90 Å². The molecule has 0 amide bonds. The molecule has 1 fully saturated rings. The third kappa shape index (κ3) is 5.18. The van der Waals surface area contributed by atoms with E-state index in [-0.39, 0.29) is 5.92 Å². The van der Waals surface area contributed by atoms with Crippen LogP contribution in [0.4, 0.5) is 0 Å². The number of benzene rings is 2. The molecule has 1 aliphatic heterocycles. The maximum atomic E-state index is 11.4. The molecule has 1 aliphatic rings. The molecule has 2 aromatic rings. The molecule has 2 aromatic carbocycles. The normalized spacial score (nSPS) is 21.0. The van der Waals surface area contributed by atoms with E-state index >= 15 is 0 Å². The standard InChI is InChI=1S/C23H29NO2/c1-18-12-13-22(23(25)26)17-24(18)16-21(14-19-8-4-2-5-9-19)15-20-10-6-3-7-11-20/h2-11,18,21-22H,12-17H2,1H3,(H,25,26). The van der Waals surface area contributed by atoms with Crippen molar-refractivity contribution in [3.63, 3.8) is 0 Å². The predicted molar refractivity (Wildman–Crippen MR) is 105 cm³/mol. The molecule has 26 heavy (non-hydrogen) atoms. The van der Waals surface area contributed by atoms with E-state index in [9.17, 15) is 9.90 Å². The highest BCUT2D eigenvalue weighted by molar-refractivity contribution is 5.70. The van der Waals surface area contributed by atoms with E-state index in [1.807, 2.05) is 0 Å². The van der Waals surface area contributed by atoms with E-state index < -0.39 is 5.97 Å². The van der Waals surface area contributed by atoms with Gasteiger partial charge < -0.3 is 5.11 Å². The number of hydrogen-bond acceptors (Lipinski definition) is 2. The first kappa shape index (κ1) is 18.7. The molecule has 0 spiro atoms. The van der Waals surface area contributed by atoms with Gasteiger partial charge in [0.2, 0.25) is 0 Å². The summed E-state index contributed by atoms with van der Waals surface area (Å²) in [7, 11) is 0. The van der Waals surface area contributed by atoms with Crippen LogP contribution in [0.2, 0.25) is 0 Å². The van der Waals surface area contributed by atoms with Gasteiger partial charge in [-0.25, -0.2) is 0 Å². The van der Waals surface area contributed by atoms with Crippen molar-refractivity contribution in [2.75, 3.05) is 13.1 Å². The second-order valence-corrected chi connectivity index (χ2v) is 7.66. The number of likely N-dealkylation sites (tertiary alicyclic amines) is 1. The van der Waals surface area contributed by atoms with Crippen LogP contribution in [-0.4, -0.2) is 35.1 Å². The summed E-state index contributed by atoms with van der Waals surface area (Å²) in [5.74, 6) is -0.389. The lowest BCUT2D eigenvalue weighted by Gasteiger charge is -2.38. The molecule has 2 atom stereocenters. The minimum absolute atomic E-state index is 0.222. The number of carbonyl (C=O) groups is 1. The molecule has 2 unspecified atom stereocenters. The van der Waals surface area contributed by atoms with Gasteiger partial charge in [0.25, 0.3) is 0 Å². The molecule has 0 aromatic heterocycles. The number of rotatable bonds is 7. The van der Waals surface area contributed by atoms with Gasteiger partial charge in [-0.15, -0.1) is 0 Å². The van der Waals surface area contributed by atoms with Crippen LogP contribution in [-0.2, 0) is 17.6 Å². The van der Waals surface area contributed by atoms with Gasteiger partial charge in [-0.1, -0.05) is 60.7 Å². The monoisotopic (exact) mass is 351 g/mol. The molecule has 0 aliphatic carbocycles. The highest BCUT2D eigenvalue weighted by Crippen LogP contribution is 2.25. The minimum Gasteiger partial charge on any atom is -0.481 e. The smallest absolute Gasteiger partial charge is 0.307 e. The first-order valence-corrected chi connectivity index (χ1v) is 9.66. The van der Waals surface area contributed by atoms with E-state index in [4.69, 9.17) is 0 Å². The Hall–Kier alpha value is -2.13. The van der Waals surface area contributed by atoms with Crippen LogP contribution in [0.25, 0.3) is 0 Å². The molecule has 1 heterocycles. The predicted octanol–water partition coefficient (Wildman–Crippen LogP) is 4.27. The Morgan fingerprint density at radius 2 is 1.54 bits per heavy atom. The summed E-state index contributed by atoms with van der Waals surface area (Å²) in [6.07, 6.45) is 3.82. The van der Waals surface area contributed by atoms with Crippen LogP contribution in [0.5, 0.6) is 0 Å². The van der Waals surface area contributed by atoms with Crippen molar-refractivity contribution in [1.29, 1.82) is 0 Å². The Kier molecular flexibility index (Phi) is 6.45. The maximum absolute atomic E-state index is 11.4. The minimum atomic E-state index is -0.649. The summed E-state index contributed by atoms with van der Waals surface area (Å²) in [5.41, 5.74) is 2.71. The fourth-order valence-corrected chi connectivity index (χ4v) is 4.06. The summed E-state index contributed by atoms with van der Waals surface area (Å²) in [5, 5.41) is 9.42. The van der Waals surface area contributed by atoms with Gasteiger partial charge in [-0.05, 0) is 49.7 Å². The van der Waals surface area contributed by atoms with Crippen LogP contribution in [0.3, 0.4) is 0 Å². The lowest BCUT2D eigenvalue weighted by molar-refractivity contribution is -0.144. The number of carboxylic acid groups (broad SMARTS) is 1. The fourth-order valence-electron chi connectivity index (χ4n) is 4.06.